The Kier molecular flexibility index (Phi) is 9.78. The number of thiazole rings is 1. The first-order valence-electron chi connectivity index (χ1n) is 9.99. The number of hydrogen-bond donors (Lipinski definition) is 3. The van der Waals surface area contributed by atoms with Gasteiger partial charge in [0.2, 0.25) is 11.8 Å². The van der Waals surface area contributed by atoms with Crippen molar-refractivity contribution in [3.05, 3.63) is 44.9 Å². The highest BCUT2D eigenvalue weighted by molar-refractivity contribution is 8.01. The first-order chi connectivity index (χ1) is 15.8. The van der Waals surface area contributed by atoms with Gasteiger partial charge in [0.05, 0.1) is 35.1 Å². The van der Waals surface area contributed by atoms with Crippen LogP contribution in [0.5, 0.6) is 0 Å². The lowest BCUT2D eigenvalue weighted by Crippen LogP contribution is -2.47. The molecule has 4 N–H and O–H groups in total. The molecular weight excluding hydrogens is 509 g/mol. The van der Waals surface area contributed by atoms with Gasteiger partial charge >= 0.3 is 0 Å². The molecular formula is C20H23Cl2N5O4S2. The first kappa shape index (κ1) is 25.7. The van der Waals surface area contributed by atoms with Crippen LogP contribution in [0.4, 0.5) is 0 Å². The Morgan fingerprint density at radius 2 is 2.09 bits per heavy atom. The molecule has 0 spiro atoms. The summed E-state index contributed by atoms with van der Waals surface area (Å²) in [6, 6.07) is 5.59. The SMILES string of the molecule is NC(=O)CNC(=O)c1csc(SCC(=O)NC[C@H]2CN(Cc3ccc(Cl)c(Cl)c3)CCO2)n1. The Bertz CT molecular complexity index is 1010. The molecule has 3 amide bonds. The topological polar surface area (TPSA) is 127 Å². The zero-order valence-electron chi connectivity index (χ0n) is 17.5. The van der Waals surface area contributed by atoms with Crippen molar-refractivity contribution >= 4 is 64.0 Å². The molecule has 0 bridgehead atoms. The molecule has 0 saturated carbocycles. The van der Waals surface area contributed by atoms with Crippen molar-refractivity contribution < 1.29 is 19.1 Å². The van der Waals surface area contributed by atoms with E-state index < -0.39 is 11.8 Å². The molecule has 0 aliphatic carbocycles. The van der Waals surface area contributed by atoms with Gasteiger partial charge in [-0.2, -0.15) is 0 Å². The Labute approximate surface area is 209 Å². The summed E-state index contributed by atoms with van der Waals surface area (Å²) in [6.07, 6.45) is -0.115. The highest BCUT2D eigenvalue weighted by atomic mass is 35.5. The van der Waals surface area contributed by atoms with E-state index in [2.05, 4.69) is 20.5 Å². The number of primary amides is 1. The molecule has 1 fully saturated rings. The number of ether oxygens (including phenoxy) is 1. The summed E-state index contributed by atoms with van der Waals surface area (Å²) in [4.78, 5) is 41.2. The minimum Gasteiger partial charge on any atom is -0.374 e. The molecule has 9 nitrogen and oxygen atoms in total. The number of thioether (sulfide) groups is 1. The van der Waals surface area contributed by atoms with E-state index in [0.29, 0.717) is 34.1 Å². The smallest absolute Gasteiger partial charge is 0.271 e. The molecule has 1 aliphatic rings. The fourth-order valence-corrected chi connectivity index (χ4v) is 4.99. The minimum absolute atomic E-state index is 0.115. The molecule has 1 atom stereocenters. The molecule has 2 heterocycles. The van der Waals surface area contributed by atoms with Gasteiger partial charge in [-0.05, 0) is 17.7 Å². The van der Waals surface area contributed by atoms with Crippen LogP contribution in [0, 0.1) is 0 Å². The average molecular weight is 532 g/mol. The number of benzene rings is 1. The number of halogens is 2. The number of morpholine rings is 1. The molecule has 13 heteroatoms. The molecule has 0 radical (unpaired) electrons. The third kappa shape index (κ3) is 8.43. The van der Waals surface area contributed by atoms with Crippen LogP contribution in [0.3, 0.4) is 0 Å². The van der Waals surface area contributed by atoms with Crippen molar-refractivity contribution in [3.63, 3.8) is 0 Å². The minimum atomic E-state index is -0.635. The van der Waals surface area contributed by atoms with Gasteiger partial charge in [-0.1, -0.05) is 41.0 Å². The second-order valence-corrected chi connectivity index (χ2v) is 10.1. The van der Waals surface area contributed by atoms with Crippen LogP contribution in [0.25, 0.3) is 0 Å². The summed E-state index contributed by atoms with van der Waals surface area (Å²) in [5.74, 6) is -1.11. The van der Waals surface area contributed by atoms with Crippen molar-refractivity contribution in [2.45, 2.75) is 17.0 Å². The Hall–Kier alpha value is -1.89. The monoisotopic (exact) mass is 531 g/mol. The van der Waals surface area contributed by atoms with E-state index in [4.69, 9.17) is 33.7 Å². The number of amides is 3. The van der Waals surface area contributed by atoms with Gasteiger partial charge in [0, 0.05) is 31.6 Å². The van der Waals surface area contributed by atoms with E-state index in [9.17, 15) is 14.4 Å². The largest absolute Gasteiger partial charge is 0.374 e. The van der Waals surface area contributed by atoms with Crippen LogP contribution in [0.2, 0.25) is 10.0 Å². The molecule has 3 rings (SSSR count). The predicted octanol–water partition coefficient (Wildman–Crippen LogP) is 1.77. The summed E-state index contributed by atoms with van der Waals surface area (Å²) in [5, 5.41) is 7.87. The standard InChI is InChI=1S/C20H23Cl2N5O4S2/c21-14-2-1-12(5-15(14)22)8-27-3-4-31-13(9-27)6-24-18(29)11-33-20-26-16(10-32-20)19(30)25-7-17(23)28/h1-2,5,10,13H,3-4,6-9,11H2,(H2,23,28)(H,24,29)(H,25,30)/t13-/m0/s1. The van der Waals surface area contributed by atoms with E-state index in [1.807, 2.05) is 12.1 Å². The van der Waals surface area contributed by atoms with Crippen molar-refractivity contribution in [1.82, 2.24) is 20.5 Å². The normalized spacial score (nSPS) is 16.4. The summed E-state index contributed by atoms with van der Waals surface area (Å²) < 4.78 is 6.35. The van der Waals surface area contributed by atoms with Crippen LogP contribution in [0.1, 0.15) is 16.1 Å². The van der Waals surface area contributed by atoms with Crippen LogP contribution < -0.4 is 16.4 Å². The quantitative estimate of drug-likeness (QED) is 0.398. The Balaban J connectivity index is 1.38. The van der Waals surface area contributed by atoms with Crippen molar-refractivity contribution in [3.8, 4) is 0 Å². The molecule has 1 saturated heterocycles. The fourth-order valence-electron chi connectivity index (χ4n) is 3.04. The maximum atomic E-state index is 12.2. The van der Waals surface area contributed by atoms with E-state index in [1.54, 1.807) is 11.4 Å². The fraction of sp³-hybridized carbons (Fsp3) is 0.400. The molecule has 1 aromatic heterocycles. The second-order valence-electron chi connectivity index (χ2n) is 7.22. The van der Waals surface area contributed by atoms with E-state index in [0.717, 1.165) is 18.7 Å². The highest BCUT2D eigenvalue weighted by Crippen LogP contribution is 2.24. The van der Waals surface area contributed by atoms with Gasteiger partial charge in [0.15, 0.2) is 4.34 Å². The molecule has 1 aliphatic heterocycles. The van der Waals surface area contributed by atoms with Crippen molar-refractivity contribution in [2.24, 2.45) is 5.73 Å². The third-order valence-corrected chi connectivity index (χ3v) is 7.37. The van der Waals surface area contributed by atoms with E-state index in [-0.39, 0.29) is 30.0 Å². The Morgan fingerprint density at radius 1 is 1.27 bits per heavy atom. The van der Waals surface area contributed by atoms with Gasteiger partial charge in [-0.25, -0.2) is 4.98 Å². The summed E-state index contributed by atoms with van der Waals surface area (Å²) in [6.45, 7) is 2.92. The second kappa shape index (κ2) is 12.5. The lowest BCUT2D eigenvalue weighted by molar-refractivity contribution is -0.120. The summed E-state index contributed by atoms with van der Waals surface area (Å²) >= 11 is 14.6. The van der Waals surface area contributed by atoms with Crippen LogP contribution in [0.15, 0.2) is 27.9 Å². The van der Waals surface area contributed by atoms with Gasteiger partial charge in [0.1, 0.15) is 5.69 Å². The van der Waals surface area contributed by atoms with Crippen LogP contribution in [-0.2, 0) is 20.9 Å². The number of nitrogens with zero attached hydrogens (tertiary/aromatic N) is 2. The number of carbonyl (C=O) groups is 3. The number of nitrogens with one attached hydrogen (secondary N) is 2. The predicted molar refractivity (Wildman–Crippen MR) is 129 cm³/mol. The number of nitrogens with two attached hydrogens (primary N) is 1. The summed E-state index contributed by atoms with van der Waals surface area (Å²) in [5.41, 5.74) is 6.25. The van der Waals surface area contributed by atoms with Crippen molar-refractivity contribution in [2.75, 3.05) is 38.5 Å². The van der Waals surface area contributed by atoms with E-state index >= 15 is 0 Å². The first-order valence-corrected chi connectivity index (χ1v) is 12.6. The Morgan fingerprint density at radius 3 is 2.85 bits per heavy atom. The zero-order chi connectivity index (χ0) is 23.8. The number of rotatable bonds is 10. The van der Waals surface area contributed by atoms with Crippen molar-refractivity contribution in [1.29, 1.82) is 0 Å². The molecule has 33 heavy (non-hydrogen) atoms. The van der Waals surface area contributed by atoms with Gasteiger partial charge < -0.3 is 21.1 Å². The molecule has 0 unspecified atom stereocenters. The third-order valence-electron chi connectivity index (χ3n) is 4.61. The number of aromatic nitrogens is 1. The maximum absolute atomic E-state index is 12.2. The number of carbonyl (C=O) groups excluding carboxylic acids is 3. The molecule has 178 valence electrons. The van der Waals surface area contributed by atoms with Gasteiger partial charge in [-0.15, -0.1) is 11.3 Å². The van der Waals surface area contributed by atoms with Gasteiger partial charge in [-0.3, -0.25) is 19.3 Å². The molecule has 1 aromatic carbocycles. The van der Waals surface area contributed by atoms with Crippen LogP contribution in [-0.4, -0.2) is 72.2 Å². The lowest BCUT2D eigenvalue weighted by atomic mass is 10.2. The number of hydrogen-bond acceptors (Lipinski definition) is 8. The van der Waals surface area contributed by atoms with Crippen LogP contribution >= 0.6 is 46.3 Å². The summed E-state index contributed by atoms with van der Waals surface area (Å²) in [7, 11) is 0. The zero-order valence-corrected chi connectivity index (χ0v) is 20.7. The van der Waals surface area contributed by atoms with Gasteiger partial charge in [0.25, 0.3) is 5.91 Å². The highest BCUT2D eigenvalue weighted by Gasteiger charge is 2.21. The molecule has 2 aromatic rings. The lowest BCUT2D eigenvalue weighted by Gasteiger charge is -2.33. The average Bonchev–Trinajstić information content (AvgIpc) is 3.26. The van der Waals surface area contributed by atoms with E-state index in [1.165, 1.54) is 23.1 Å². The maximum Gasteiger partial charge on any atom is 0.271 e.